The van der Waals surface area contributed by atoms with Crippen LogP contribution < -0.4 is 4.74 Å². The van der Waals surface area contributed by atoms with Crippen molar-refractivity contribution in [3.05, 3.63) is 29.8 Å². The van der Waals surface area contributed by atoms with Crippen LogP contribution in [0.5, 0.6) is 5.75 Å². The standard InChI is InChI=1S/C10H9F2NO/c1-10(2,6-13)14-9-5-7(11)3-4-8(9)12/h3-5H,1-2H3. The van der Waals surface area contributed by atoms with Crippen LogP contribution in [0.25, 0.3) is 0 Å². The van der Waals surface area contributed by atoms with Crippen molar-refractivity contribution in [3.8, 4) is 11.8 Å². The van der Waals surface area contributed by atoms with Gasteiger partial charge >= 0.3 is 0 Å². The number of hydrogen-bond donors (Lipinski definition) is 0. The van der Waals surface area contributed by atoms with E-state index in [1.807, 2.05) is 6.07 Å². The van der Waals surface area contributed by atoms with E-state index in [9.17, 15) is 8.78 Å². The summed E-state index contributed by atoms with van der Waals surface area (Å²) in [7, 11) is 0. The molecule has 0 aliphatic carbocycles. The van der Waals surface area contributed by atoms with Crippen molar-refractivity contribution in [2.45, 2.75) is 19.4 Å². The molecule has 0 bridgehead atoms. The average molecular weight is 197 g/mol. The van der Waals surface area contributed by atoms with Crippen LogP contribution in [0.3, 0.4) is 0 Å². The van der Waals surface area contributed by atoms with Gasteiger partial charge in [0.25, 0.3) is 0 Å². The van der Waals surface area contributed by atoms with Gasteiger partial charge in [-0.1, -0.05) is 0 Å². The number of benzene rings is 1. The van der Waals surface area contributed by atoms with Gasteiger partial charge in [-0.25, -0.2) is 8.78 Å². The maximum atomic E-state index is 13.0. The summed E-state index contributed by atoms with van der Waals surface area (Å²) in [5.41, 5.74) is -1.17. The first-order chi connectivity index (χ1) is 6.44. The molecule has 0 N–H and O–H groups in total. The lowest BCUT2D eigenvalue weighted by molar-refractivity contribution is 0.161. The third-order valence-corrected chi connectivity index (χ3v) is 1.53. The highest BCUT2D eigenvalue weighted by Crippen LogP contribution is 2.22. The van der Waals surface area contributed by atoms with Crippen molar-refractivity contribution in [1.82, 2.24) is 0 Å². The zero-order chi connectivity index (χ0) is 10.8. The van der Waals surface area contributed by atoms with Crippen molar-refractivity contribution in [2.24, 2.45) is 0 Å². The minimum atomic E-state index is -1.17. The van der Waals surface area contributed by atoms with Crippen molar-refractivity contribution < 1.29 is 13.5 Å². The number of ether oxygens (including phenoxy) is 1. The first kappa shape index (κ1) is 10.5. The summed E-state index contributed by atoms with van der Waals surface area (Å²) in [4.78, 5) is 0. The Balaban J connectivity index is 2.98. The van der Waals surface area contributed by atoms with Gasteiger partial charge in [0.2, 0.25) is 0 Å². The Bertz CT molecular complexity index is 382. The number of nitrogens with zero attached hydrogens (tertiary/aromatic N) is 1. The van der Waals surface area contributed by atoms with Gasteiger partial charge < -0.3 is 4.74 Å². The van der Waals surface area contributed by atoms with Crippen LogP contribution >= 0.6 is 0 Å². The summed E-state index contributed by atoms with van der Waals surface area (Å²) in [5.74, 6) is -1.54. The molecule has 1 rings (SSSR count). The molecule has 0 aliphatic heterocycles. The van der Waals surface area contributed by atoms with E-state index in [4.69, 9.17) is 10.00 Å². The van der Waals surface area contributed by atoms with Crippen molar-refractivity contribution >= 4 is 0 Å². The molecule has 0 saturated heterocycles. The minimum Gasteiger partial charge on any atom is -0.470 e. The lowest BCUT2D eigenvalue weighted by Crippen LogP contribution is -2.26. The zero-order valence-corrected chi connectivity index (χ0v) is 7.84. The topological polar surface area (TPSA) is 33.0 Å². The van der Waals surface area contributed by atoms with E-state index in [-0.39, 0.29) is 5.75 Å². The van der Waals surface area contributed by atoms with E-state index in [0.717, 1.165) is 18.2 Å². The second-order valence-corrected chi connectivity index (χ2v) is 3.30. The summed E-state index contributed by atoms with van der Waals surface area (Å²) in [5, 5.41) is 8.62. The third kappa shape index (κ3) is 2.43. The molecule has 1 aromatic carbocycles. The van der Waals surface area contributed by atoms with Gasteiger partial charge in [-0.05, 0) is 26.0 Å². The molecule has 0 spiro atoms. The van der Waals surface area contributed by atoms with E-state index < -0.39 is 17.2 Å². The Morgan fingerprint density at radius 2 is 2.00 bits per heavy atom. The molecule has 2 nitrogen and oxygen atoms in total. The molecule has 1 aromatic rings. The molecule has 4 heteroatoms. The van der Waals surface area contributed by atoms with Crippen molar-refractivity contribution in [3.63, 3.8) is 0 Å². The minimum absolute atomic E-state index is 0.253. The van der Waals surface area contributed by atoms with Crippen LogP contribution in [0.4, 0.5) is 8.78 Å². The van der Waals surface area contributed by atoms with E-state index >= 15 is 0 Å². The third-order valence-electron chi connectivity index (χ3n) is 1.53. The van der Waals surface area contributed by atoms with E-state index in [1.54, 1.807) is 0 Å². The van der Waals surface area contributed by atoms with Gasteiger partial charge in [-0.15, -0.1) is 0 Å². The maximum Gasteiger partial charge on any atom is 0.188 e. The molecule has 0 aliphatic rings. The Morgan fingerprint density at radius 3 is 2.57 bits per heavy atom. The number of rotatable bonds is 2. The molecule has 0 radical (unpaired) electrons. The maximum absolute atomic E-state index is 13.0. The molecule has 0 amide bonds. The van der Waals surface area contributed by atoms with Crippen LogP contribution in [0.1, 0.15) is 13.8 Å². The highest BCUT2D eigenvalue weighted by molar-refractivity contribution is 5.26. The highest BCUT2D eigenvalue weighted by atomic mass is 19.1. The van der Waals surface area contributed by atoms with Gasteiger partial charge in [0, 0.05) is 6.07 Å². The smallest absolute Gasteiger partial charge is 0.188 e. The van der Waals surface area contributed by atoms with Crippen LogP contribution in [-0.2, 0) is 0 Å². The Hall–Kier alpha value is -1.63. The highest BCUT2D eigenvalue weighted by Gasteiger charge is 2.20. The summed E-state index contributed by atoms with van der Waals surface area (Å²) < 4.78 is 30.7. The largest absolute Gasteiger partial charge is 0.470 e. The molecular weight excluding hydrogens is 188 g/mol. The zero-order valence-electron chi connectivity index (χ0n) is 7.84. The van der Waals surface area contributed by atoms with Crippen molar-refractivity contribution in [1.29, 1.82) is 5.26 Å². The van der Waals surface area contributed by atoms with Gasteiger partial charge in [0.15, 0.2) is 17.2 Å². The fourth-order valence-electron chi connectivity index (χ4n) is 0.853. The summed E-state index contributed by atoms with van der Waals surface area (Å²) in [6, 6.07) is 4.68. The molecule has 0 fully saturated rings. The molecule has 0 heterocycles. The van der Waals surface area contributed by atoms with Crippen LogP contribution in [0.15, 0.2) is 18.2 Å². The average Bonchev–Trinajstić information content (AvgIpc) is 2.11. The Kier molecular flexibility index (Phi) is 2.70. The summed E-state index contributed by atoms with van der Waals surface area (Å²) in [6.45, 7) is 2.94. The normalized spacial score (nSPS) is 10.8. The fraction of sp³-hybridized carbons (Fsp3) is 0.300. The van der Waals surface area contributed by atoms with Crippen LogP contribution in [0.2, 0.25) is 0 Å². The SMILES string of the molecule is CC(C)(C#N)Oc1cc(F)ccc1F. The van der Waals surface area contributed by atoms with Crippen LogP contribution in [-0.4, -0.2) is 5.60 Å². The number of halogens is 2. The molecule has 14 heavy (non-hydrogen) atoms. The van der Waals surface area contributed by atoms with Gasteiger partial charge in [0.05, 0.1) is 0 Å². The van der Waals surface area contributed by atoms with Gasteiger partial charge in [-0.3, -0.25) is 0 Å². The van der Waals surface area contributed by atoms with E-state index in [1.165, 1.54) is 13.8 Å². The van der Waals surface area contributed by atoms with Crippen LogP contribution in [0, 0.1) is 23.0 Å². The predicted octanol–water partition coefficient (Wildman–Crippen LogP) is 2.65. The Labute approximate surface area is 80.7 Å². The first-order valence-electron chi connectivity index (χ1n) is 4.00. The quantitative estimate of drug-likeness (QED) is 0.730. The monoisotopic (exact) mass is 197 g/mol. The second-order valence-electron chi connectivity index (χ2n) is 3.30. The molecule has 0 aromatic heterocycles. The van der Waals surface area contributed by atoms with Crippen molar-refractivity contribution in [2.75, 3.05) is 0 Å². The Morgan fingerprint density at radius 1 is 1.36 bits per heavy atom. The molecule has 0 unspecified atom stereocenters. The molecule has 0 atom stereocenters. The fourth-order valence-corrected chi connectivity index (χ4v) is 0.853. The number of nitriles is 1. The lowest BCUT2D eigenvalue weighted by Gasteiger charge is -2.18. The second kappa shape index (κ2) is 3.62. The van der Waals surface area contributed by atoms with Gasteiger partial charge in [-0.2, -0.15) is 5.26 Å². The predicted molar refractivity (Wildman–Crippen MR) is 46.7 cm³/mol. The molecule has 74 valence electrons. The molecular formula is C10H9F2NO. The van der Waals surface area contributed by atoms with E-state index in [0.29, 0.717) is 0 Å². The lowest BCUT2D eigenvalue weighted by atomic mass is 10.2. The summed E-state index contributed by atoms with van der Waals surface area (Å²) >= 11 is 0. The van der Waals surface area contributed by atoms with E-state index in [2.05, 4.69) is 0 Å². The van der Waals surface area contributed by atoms with Gasteiger partial charge in [0.1, 0.15) is 11.9 Å². The summed E-state index contributed by atoms with van der Waals surface area (Å²) in [6.07, 6.45) is 0. The number of hydrogen-bond acceptors (Lipinski definition) is 2. The first-order valence-corrected chi connectivity index (χ1v) is 4.00. The molecule has 0 saturated carbocycles.